The molecule has 0 unspecified atom stereocenters. The Hall–Kier alpha value is -1.62. The molecule has 0 bridgehead atoms. The number of nitrogens with zero attached hydrogens (tertiary/aromatic N) is 3. The lowest BCUT2D eigenvalue weighted by atomic mass is 10.0. The standard InChI is InChI=1S/C17H23N3OS/c1-13(2)17-18-7-9-20(17)14-5-3-8-19(12-14)16(21)11-15-6-4-10-22-15/h4,6-7,9-10,13-14H,3,5,8,11-12H2,1-2H3/t14-/m1/s1. The van der Waals surface area contributed by atoms with Crippen molar-refractivity contribution >= 4 is 17.2 Å². The van der Waals surface area contributed by atoms with E-state index in [0.29, 0.717) is 18.4 Å². The number of imidazole rings is 1. The molecule has 0 aromatic carbocycles. The van der Waals surface area contributed by atoms with Gasteiger partial charge in [0.15, 0.2) is 0 Å². The maximum Gasteiger partial charge on any atom is 0.227 e. The highest BCUT2D eigenvalue weighted by Crippen LogP contribution is 2.26. The molecule has 0 aliphatic carbocycles. The Labute approximate surface area is 135 Å². The smallest absolute Gasteiger partial charge is 0.227 e. The monoisotopic (exact) mass is 317 g/mol. The molecule has 0 N–H and O–H groups in total. The van der Waals surface area contributed by atoms with Crippen molar-refractivity contribution in [1.82, 2.24) is 14.5 Å². The minimum absolute atomic E-state index is 0.248. The number of carbonyl (C=O) groups excluding carboxylic acids is 1. The lowest BCUT2D eigenvalue weighted by molar-refractivity contribution is -0.132. The number of aromatic nitrogens is 2. The van der Waals surface area contributed by atoms with Crippen LogP contribution in [0.2, 0.25) is 0 Å². The maximum atomic E-state index is 12.5. The van der Waals surface area contributed by atoms with Crippen LogP contribution in [-0.4, -0.2) is 33.4 Å². The summed E-state index contributed by atoms with van der Waals surface area (Å²) in [5.41, 5.74) is 0. The Kier molecular flexibility index (Phi) is 4.62. The van der Waals surface area contributed by atoms with Gasteiger partial charge in [-0.15, -0.1) is 11.3 Å². The summed E-state index contributed by atoms with van der Waals surface area (Å²) in [5, 5.41) is 2.03. The van der Waals surface area contributed by atoms with E-state index >= 15 is 0 Å². The predicted octanol–water partition coefficient (Wildman–Crippen LogP) is 3.47. The molecule has 0 spiro atoms. The first-order valence-electron chi connectivity index (χ1n) is 7.98. The van der Waals surface area contributed by atoms with Crippen LogP contribution in [0.4, 0.5) is 0 Å². The summed E-state index contributed by atoms with van der Waals surface area (Å²) < 4.78 is 2.27. The summed E-state index contributed by atoms with van der Waals surface area (Å²) in [5.74, 6) is 1.78. The van der Waals surface area contributed by atoms with Gasteiger partial charge in [0, 0.05) is 36.3 Å². The number of hydrogen-bond acceptors (Lipinski definition) is 3. The molecule has 1 amide bonds. The summed E-state index contributed by atoms with van der Waals surface area (Å²) >= 11 is 1.66. The zero-order chi connectivity index (χ0) is 15.5. The zero-order valence-electron chi connectivity index (χ0n) is 13.2. The summed E-state index contributed by atoms with van der Waals surface area (Å²) in [7, 11) is 0. The van der Waals surface area contributed by atoms with Crippen molar-refractivity contribution in [3.05, 3.63) is 40.6 Å². The van der Waals surface area contributed by atoms with E-state index in [1.54, 1.807) is 11.3 Å². The fraction of sp³-hybridized carbons (Fsp3) is 0.529. The number of hydrogen-bond donors (Lipinski definition) is 0. The molecule has 4 nitrogen and oxygen atoms in total. The highest BCUT2D eigenvalue weighted by molar-refractivity contribution is 7.10. The molecule has 2 aromatic rings. The molecule has 1 aliphatic rings. The molecule has 5 heteroatoms. The second kappa shape index (κ2) is 6.65. The first kappa shape index (κ1) is 15.3. The minimum atomic E-state index is 0.248. The second-order valence-electron chi connectivity index (χ2n) is 6.24. The van der Waals surface area contributed by atoms with Gasteiger partial charge < -0.3 is 9.47 Å². The number of thiophene rings is 1. The van der Waals surface area contributed by atoms with E-state index in [1.807, 2.05) is 28.6 Å². The summed E-state index contributed by atoms with van der Waals surface area (Å²) in [6.07, 6.45) is 6.66. The Balaban J connectivity index is 1.68. The minimum Gasteiger partial charge on any atom is -0.340 e. The lowest BCUT2D eigenvalue weighted by Gasteiger charge is -2.34. The molecule has 1 aliphatic heterocycles. The van der Waals surface area contributed by atoms with Crippen molar-refractivity contribution in [2.75, 3.05) is 13.1 Å². The van der Waals surface area contributed by atoms with Gasteiger partial charge in [-0.1, -0.05) is 19.9 Å². The SMILES string of the molecule is CC(C)c1nccn1[C@@H]1CCCN(C(=O)Cc2cccs2)C1. The van der Waals surface area contributed by atoms with E-state index in [9.17, 15) is 4.79 Å². The van der Waals surface area contributed by atoms with Gasteiger partial charge >= 0.3 is 0 Å². The molecule has 3 heterocycles. The van der Waals surface area contributed by atoms with Crippen LogP contribution >= 0.6 is 11.3 Å². The lowest BCUT2D eigenvalue weighted by Crippen LogP contribution is -2.41. The average molecular weight is 317 g/mol. The van der Waals surface area contributed by atoms with Gasteiger partial charge in [0.05, 0.1) is 12.5 Å². The first-order valence-corrected chi connectivity index (χ1v) is 8.86. The third-order valence-corrected chi connectivity index (χ3v) is 5.14. The fourth-order valence-corrected chi connectivity index (χ4v) is 3.86. The van der Waals surface area contributed by atoms with Gasteiger partial charge in [0.2, 0.25) is 5.91 Å². The third kappa shape index (κ3) is 3.24. The Morgan fingerprint density at radius 2 is 2.36 bits per heavy atom. The highest BCUT2D eigenvalue weighted by Gasteiger charge is 2.26. The Morgan fingerprint density at radius 1 is 1.50 bits per heavy atom. The molecule has 118 valence electrons. The number of piperidine rings is 1. The molecular formula is C17H23N3OS. The molecule has 1 atom stereocenters. The van der Waals surface area contributed by atoms with Gasteiger partial charge in [-0.05, 0) is 24.3 Å². The van der Waals surface area contributed by atoms with E-state index in [2.05, 4.69) is 29.6 Å². The van der Waals surface area contributed by atoms with E-state index in [4.69, 9.17) is 0 Å². The topological polar surface area (TPSA) is 38.1 Å². The quantitative estimate of drug-likeness (QED) is 0.866. The van der Waals surface area contributed by atoms with Crippen LogP contribution in [0.5, 0.6) is 0 Å². The summed E-state index contributed by atoms with van der Waals surface area (Å²) in [6, 6.07) is 4.41. The molecule has 0 radical (unpaired) electrons. The van der Waals surface area contributed by atoms with Crippen LogP contribution in [0.1, 0.15) is 49.4 Å². The fourth-order valence-electron chi connectivity index (χ4n) is 3.16. The van der Waals surface area contributed by atoms with E-state index < -0.39 is 0 Å². The Morgan fingerprint density at radius 3 is 3.09 bits per heavy atom. The van der Waals surface area contributed by atoms with Gasteiger partial charge in [-0.3, -0.25) is 4.79 Å². The number of likely N-dealkylation sites (tertiary alicyclic amines) is 1. The van der Waals surface area contributed by atoms with E-state index in [0.717, 1.165) is 36.6 Å². The second-order valence-corrected chi connectivity index (χ2v) is 7.27. The maximum absolute atomic E-state index is 12.5. The molecular weight excluding hydrogens is 294 g/mol. The van der Waals surface area contributed by atoms with Crippen molar-refractivity contribution in [3.8, 4) is 0 Å². The van der Waals surface area contributed by atoms with Crippen LogP contribution in [0.3, 0.4) is 0 Å². The average Bonchev–Trinajstić information content (AvgIpc) is 3.18. The van der Waals surface area contributed by atoms with Crippen LogP contribution < -0.4 is 0 Å². The summed E-state index contributed by atoms with van der Waals surface area (Å²) in [4.78, 5) is 20.2. The highest BCUT2D eigenvalue weighted by atomic mass is 32.1. The normalized spacial score (nSPS) is 18.9. The molecule has 22 heavy (non-hydrogen) atoms. The van der Waals surface area contributed by atoms with Crippen molar-refractivity contribution in [3.63, 3.8) is 0 Å². The summed E-state index contributed by atoms with van der Waals surface area (Å²) in [6.45, 7) is 6.02. The van der Waals surface area contributed by atoms with Gasteiger partial charge in [0.1, 0.15) is 5.82 Å². The molecule has 1 saturated heterocycles. The molecule has 0 saturated carbocycles. The Bertz CT molecular complexity index is 618. The van der Waals surface area contributed by atoms with Crippen LogP contribution in [0.25, 0.3) is 0 Å². The molecule has 2 aromatic heterocycles. The predicted molar refractivity (Wildman–Crippen MR) is 89.2 cm³/mol. The zero-order valence-corrected chi connectivity index (χ0v) is 14.1. The van der Waals surface area contributed by atoms with Crippen LogP contribution in [0.15, 0.2) is 29.9 Å². The third-order valence-electron chi connectivity index (χ3n) is 4.26. The van der Waals surface area contributed by atoms with Gasteiger partial charge in [-0.25, -0.2) is 4.98 Å². The van der Waals surface area contributed by atoms with E-state index in [1.165, 1.54) is 0 Å². The van der Waals surface area contributed by atoms with Crippen molar-refractivity contribution in [1.29, 1.82) is 0 Å². The van der Waals surface area contributed by atoms with Crippen LogP contribution in [-0.2, 0) is 11.2 Å². The van der Waals surface area contributed by atoms with Gasteiger partial charge in [-0.2, -0.15) is 0 Å². The molecule has 3 rings (SSSR count). The number of amides is 1. The number of carbonyl (C=O) groups is 1. The van der Waals surface area contributed by atoms with E-state index in [-0.39, 0.29) is 5.91 Å². The van der Waals surface area contributed by atoms with Crippen molar-refractivity contribution in [2.45, 2.75) is 45.1 Å². The largest absolute Gasteiger partial charge is 0.340 e. The first-order chi connectivity index (χ1) is 10.6. The van der Waals surface area contributed by atoms with Gasteiger partial charge in [0.25, 0.3) is 0 Å². The van der Waals surface area contributed by atoms with Crippen LogP contribution in [0, 0.1) is 0 Å². The van der Waals surface area contributed by atoms with Crippen molar-refractivity contribution < 1.29 is 4.79 Å². The van der Waals surface area contributed by atoms with Crippen molar-refractivity contribution in [2.24, 2.45) is 0 Å². The number of rotatable bonds is 4. The molecule has 1 fully saturated rings.